The van der Waals surface area contributed by atoms with Crippen LogP contribution in [0.15, 0.2) is 60.8 Å². The van der Waals surface area contributed by atoms with Crippen LogP contribution in [0.5, 0.6) is 0 Å². The largest absolute Gasteiger partial charge is 0.443 e. The zero-order chi connectivity index (χ0) is 25.0. The standard InChI is InChI=1S/C27H31N3O4/c1-18(2)30(28-25(32)20-11-9-10-19(3)16-20)24(31)15-14-21-17-29(26(33)34-27(4,5)6)23-13-8-7-12-22(21)23/h7-18H,1-6H3,(H,28,32)/b15-14+. The molecule has 2 amide bonds. The molecule has 7 heteroatoms. The minimum atomic E-state index is -0.637. The Morgan fingerprint density at radius 2 is 1.76 bits per heavy atom. The fourth-order valence-electron chi connectivity index (χ4n) is 3.44. The molecule has 3 aromatic rings. The van der Waals surface area contributed by atoms with Gasteiger partial charge in [-0.05, 0) is 65.8 Å². The van der Waals surface area contributed by atoms with Gasteiger partial charge < -0.3 is 4.74 Å². The molecular formula is C27H31N3O4. The number of aryl methyl sites for hydroxylation is 1. The van der Waals surface area contributed by atoms with Gasteiger partial charge >= 0.3 is 6.09 Å². The molecule has 0 saturated heterocycles. The zero-order valence-corrected chi connectivity index (χ0v) is 20.5. The summed E-state index contributed by atoms with van der Waals surface area (Å²) in [5, 5.41) is 2.09. The van der Waals surface area contributed by atoms with Crippen molar-refractivity contribution in [1.82, 2.24) is 15.0 Å². The Bertz CT molecular complexity index is 1250. The van der Waals surface area contributed by atoms with Crippen molar-refractivity contribution in [3.05, 3.63) is 77.5 Å². The number of carbonyl (C=O) groups is 3. The van der Waals surface area contributed by atoms with E-state index in [2.05, 4.69) is 5.43 Å². The molecule has 0 aliphatic rings. The Morgan fingerprint density at radius 3 is 2.41 bits per heavy atom. The molecule has 178 valence electrons. The van der Waals surface area contributed by atoms with E-state index in [9.17, 15) is 14.4 Å². The number of hydrazine groups is 1. The fourth-order valence-corrected chi connectivity index (χ4v) is 3.44. The fraction of sp³-hybridized carbons (Fsp3) is 0.296. The summed E-state index contributed by atoms with van der Waals surface area (Å²) in [5.74, 6) is -0.745. The van der Waals surface area contributed by atoms with E-state index in [1.807, 2.05) is 71.9 Å². The SMILES string of the molecule is Cc1cccc(C(=O)NN(C(=O)/C=C/c2cn(C(=O)OC(C)(C)C)c3ccccc23)C(C)C)c1. The number of hydrogen-bond donors (Lipinski definition) is 1. The topological polar surface area (TPSA) is 80.6 Å². The van der Waals surface area contributed by atoms with E-state index in [1.165, 1.54) is 15.7 Å². The van der Waals surface area contributed by atoms with E-state index in [4.69, 9.17) is 4.74 Å². The Kier molecular flexibility index (Phi) is 7.25. The van der Waals surface area contributed by atoms with E-state index in [1.54, 1.807) is 30.5 Å². The van der Waals surface area contributed by atoms with Crippen LogP contribution in [0.4, 0.5) is 4.79 Å². The van der Waals surface area contributed by atoms with Crippen molar-refractivity contribution < 1.29 is 19.1 Å². The minimum Gasteiger partial charge on any atom is -0.443 e. The van der Waals surface area contributed by atoms with Crippen LogP contribution in [0.1, 0.15) is 56.1 Å². The van der Waals surface area contributed by atoms with Crippen LogP contribution in [0.25, 0.3) is 17.0 Å². The third-order valence-corrected chi connectivity index (χ3v) is 4.99. The molecule has 0 bridgehead atoms. The highest BCUT2D eigenvalue weighted by Gasteiger charge is 2.21. The highest BCUT2D eigenvalue weighted by Crippen LogP contribution is 2.24. The van der Waals surface area contributed by atoms with Gasteiger partial charge in [-0.1, -0.05) is 35.9 Å². The first kappa shape index (κ1) is 24.8. The number of amides is 2. The first-order valence-corrected chi connectivity index (χ1v) is 11.2. The summed E-state index contributed by atoms with van der Waals surface area (Å²) in [5.41, 5.74) is 4.85. The predicted octanol–water partition coefficient (Wildman–Crippen LogP) is 5.33. The quantitative estimate of drug-likeness (QED) is 0.421. The second kappa shape index (κ2) is 9.95. The van der Waals surface area contributed by atoms with Gasteiger partial charge in [0.25, 0.3) is 11.8 Å². The molecule has 0 spiro atoms. The summed E-state index contributed by atoms with van der Waals surface area (Å²) in [6.07, 6.45) is 4.18. The van der Waals surface area contributed by atoms with E-state index < -0.39 is 11.7 Å². The highest BCUT2D eigenvalue weighted by molar-refractivity contribution is 6.01. The van der Waals surface area contributed by atoms with Crippen molar-refractivity contribution in [3.8, 4) is 0 Å². The molecule has 3 rings (SSSR count). The summed E-state index contributed by atoms with van der Waals surface area (Å²) < 4.78 is 6.95. The molecule has 34 heavy (non-hydrogen) atoms. The van der Waals surface area contributed by atoms with Crippen LogP contribution in [-0.4, -0.2) is 39.1 Å². The lowest BCUT2D eigenvalue weighted by Gasteiger charge is -2.26. The van der Waals surface area contributed by atoms with E-state index in [0.717, 1.165) is 10.9 Å². The van der Waals surface area contributed by atoms with Crippen LogP contribution in [-0.2, 0) is 9.53 Å². The number of rotatable bonds is 4. The van der Waals surface area contributed by atoms with Crippen LogP contribution >= 0.6 is 0 Å². The monoisotopic (exact) mass is 461 g/mol. The Balaban J connectivity index is 1.85. The number of carbonyl (C=O) groups excluding carboxylic acids is 3. The second-order valence-electron chi connectivity index (χ2n) is 9.40. The maximum atomic E-state index is 13.0. The third kappa shape index (κ3) is 5.92. The van der Waals surface area contributed by atoms with Gasteiger partial charge in [0.15, 0.2) is 0 Å². The van der Waals surface area contributed by atoms with Crippen molar-refractivity contribution in [2.24, 2.45) is 0 Å². The van der Waals surface area contributed by atoms with Gasteiger partial charge in [0.05, 0.1) is 5.52 Å². The first-order chi connectivity index (χ1) is 16.0. The number of hydrogen-bond acceptors (Lipinski definition) is 4. The van der Waals surface area contributed by atoms with Crippen molar-refractivity contribution in [2.75, 3.05) is 0 Å². The van der Waals surface area contributed by atoms with Gasteiger partial charge in [-0.15, -0.1) is 0 Å². The molecule has 0 aliphatic carbocycles. The van der Waals surface area contributed by atoms with Crippen molar-refractivity contribution in [1.29, 1.82) is 0 Å². The molecular weight excluding hydrogens is 430 g/mol. The Hall–Kier alpha value is -3.87. The second-order valence-corrected chi connectivity index (χ2v) is 9.40. The van der Waals surface area contributed by atoms with Gasteiger partial charge in [0.1, 0.15) is 5.60 Å². The van der Waals surface area contributed by atoms with Crippen LogP contribution in [0, 0.1) is 6.92 Å². The number of nitrogens with zero attached hydrogens (tertiary/aromatic N) is 2. The van der Waals surface area contributed by atoms with Gasteiger partial charge in [0.2, 0.25) is 0 Å². The first-order valence-electron chi connectivity index (χ1n) is 11.2. The molecule has 1 N–H and O–H groups in total. The molecule has 0 atom stereocenters. The lowest BCUT2D eigenvalue weighted by molar-refractivity contribution is -0.130. The molecule has 0 unspecified atom stereocenters. The Labute approximate surface area is 200 Å². The minimum absolute atomic E-state index is 0.269. The van der Waals surface area contributed by atoms with Gasteiger partial charge in [-0.25, -0.2) is 9.80 Å². The number of para-hydroxylation sites is 1. The van der Waals surface area contributed by atoms with Crippen molar-refractivity contribution in [3.63, 3.8) is 0 Å². The van der Waals surface area contributed by atoms with Gasteiger partial charge in [-0.3, -0.25) is 19.6 Å². The molecule has 0 radical (unpaired) electrons. The smallest absolute Gasteiger partial charge is 0.419 e. The van der Waals surface area contributed by atoms with E-state index >= 15 is 0 Å². The molecule has 1 aromatic heterocycles. The van der Waals surface area contributed by atoms with Crippen molar-refractivity contribution in [2.45, 2.75) is 53.2 Å². The molecule has 0 aliphatic heterocycles. The zero-order valence-electron chi connectivity index (χ0n) is 20.5. The lowest BCUT2D eigenvalue weighted by Crippen LogP contribution is -2.49. The van der Waals surface area contributed by atoms with Gasteiger partial charge in [-0.2, -0.15) is 0 Å². The summed E-state index contributed by atoms with van der Waals surface area (Å²) in [6.45, 7) is 11.0. The third-order valence-electron chi connectivity index (χ3n) is 4.99. The summed E-state index contributed by atoms with van der Waals surface area (Å²) >= 11 is 0. The van der Waals surface area contributed by atoms with Crippen molar-refractivity contribution >= 4 is 34.9 Å². The number of nitrogens with one attached hydrogen (secondary N) is 1. The lowest BCUT2D eigenvalue weighted by atomic mass is 10.1. The Morgan fingerprint density at radius 1 is 1.06 bits per heavy atom. The van der Waals surface area contributed by atoms with Gasteiger partial charge in [0, 0.05) is 34.8 Å². The van der Waals surface area contributed by atoms with E-state index in [-0.39, 0.29) is 17.9 Å². The van der Waals surface area contributed by atoms with E-state index in [0.29, 0.717) is 16.6 Å². The summed E-state index contributed by atoms with van der Waals surface area (Å²) in [6, 6.07) is 14.3. The molecule has 7 nitrogen and oxygen atoms in total. The number of benzene rings is 2. The predicted molar refractivity (Wildman–Crippen MR) is 133 cm³/mol. The van der Waals surface area contributed by atoms with Crippen LogP contribution in [0.2, 0.25) is 0 Å². The average Bonchev–Trinajstić information content (AvgIpc) is 3.13. The highest BCUT2D eigenvalue weighted by atomic mass is 16.6. The maximum Gasteiger partial charge on any atom is 0.419 e. The normalized spacial score (nSPS) is 11.7. The summed E-state index contributed by atoms with van der Waals surface area (Å²) in [4.78, 5) is 38.4. The van der Waals surface area contributed by atoms with Crippen LogP contribution in [0.3, 0.4) is 0 Å². The maximum absolute atomic E-state index is 13.0. The number of ether oxygens (including phenoxy) is 1. The molecule has 0 fully saturated rings. The van der Waals surface area contributed by atoms with Crippen LogP contribution < -0.4 is 5.43 Å². The molecule has 1 heterocycles. The number of fused-ring (bicyclic) bond motifs is 1. The molecule has 2 aromatic carbocycles. The molecule has 0 saturated carbocycles. The summed E-state index contributed by atoms with van der Waals surface area (Å²) in [7, 11) is 0. The average molecular weight is 462 g/mol. The number of aromatic nitrogens is 1.